The topological polar surface area (TPSA) is 38.0 Å². The third kappa shape index (κ3) is 3.20. The predicted molar refractivity (Wildman–Crippen MR) is 54.7 cm³/mol. The molecule has 0 aromatic heterocycles. The van der Waals surface area contributed by atoms with Gasteiger partial charge in [-0.1, -0.05) is 6.07 Å². The second-order valence-corrected chi connectivity index (χ2v) is 3.18. The molecule has 14 heavy (non-hydrogen) atoms. The van der Waals surface area contributed by atoms with Gasteiger partial charge in [-0.15, -0.1) is 0 Å². The fourth-order valence-corrected chi connectivity index (χ4v) is 1.15. The molecule has 4 heteroatoms. The van der Waals surface area contributed by atoms with Crippen molar-refractivity contribution < 1.29 is 8.78 Å². The van der Waals surface area contributed by atoms with E-state index in [1.54, 1.807) is 12.1 Å². The van der Waals surface area contributed by atoms with E-state index in [1.807, 2.05) is 13.0 Å². The predicted octanol–water partition coefficient (Wildman–Crippen LogP) is 2.64. The summed E-state index contributed by atoms with van der Waals surface area (Å²) in [6.45, 7) is 2.17. The van der Waals surface area contributed by atoms with Crippen molar-refractivity contribution in [2.24, 2.45) is 0 Å². The van der Waals surface area contributed by atoms with Crippen molar-refractivity contribution in [3.05, 3.63) is 23.8 Å². The largest absolute Gasteiger partial charge is 0.399 e. The maximum Gasteiger partial charge on any atom is 0.240 e. The number of nitrogens with two attached hydrogens (primary N) is 1. The highest BCUT2D eigenvalue weighted by molar-refractivity contribution is 5.59. The SMILES string of the molecule is Cc1ccc(N)cc1NCCC(F)F. The van der Waals surface area contributed by atoms with Crippen molar-refractivity contribution in [1.29, 1.82) is 0 Å². The van der Waals surface area contributed by atoms with E-state index in [0.717, 1.165) is 11.3 Å². The molecule has 0 atom stereocenters. The molecule has 78 valence electrons. The van der Waals surface area contributed by atoms with Crippen LogP contribution in [0.2, 0.25) is 0 Å². The van der Waals surface area contributed by atoms with Crippen LogP contribution in [0, 0.1) is 6.92 Å². The monoisotopic (exact) mass is 200 g/mol. The highest BCUT2D eigenvalue weighted by atomic mass is 19.3. The van der Waals surface area contributed by atoms with Crippen LogP contribution in [0.5, 0.6) is 0 Å². The maximum atomic E-state index is 11.9. The lowest BCUT2D eigenvalue weighted by Gasteiger charge is -2.09. The van der Waals surface area contributed by atoms with Crippen molar-refractivity contribution in [2.75, 3.05) is 17.6 Å². The molecule has 1 aromatic carbocycles. The smallest absolute Gasteiger partial charge is 0.240 e. The molecule has 0 amide bonds. The first kappa shape index (κ1) is 10.8. The lowest BCUT2D eigenvalue weighted by atomic mass is 10.2. The molecule has 2 nitrogen and oxygen atoms in total. The van der Waals surface area contributed by atoms with Gasteiger partial charge in [0.2, 0.25) is 6.43 Å². The quantitative estimate of drug-likeness (QED) is 0.733. The normalized spacial score (nSPS) is 10.6. The van der Waals surface area contributed by atoms with Crippen molar-refractivity contribution >= 4 is 11.4 Å². The Morgan fingerprint density at radius 1 is 1.43 bits per heavy atom. The molecule has 0 radical (unpaired) electrons. The third-order valence-electron chi connectivity index (χ3n) is 1.94. The summed E-state index contributed by atoms with van der Waals surface area (Å²) >= 11 is 0. The van der Waals surface area contributed by atoms with E-state index < -0.39 is 6.43 Å². The molecule has 0 saturated heterocycles. The Labute approximate surface area is 82.1 Å². The number of aryl methyl sites for hydroxylation is 1. The average Bonchev–Trinajstić information content (AvgIpc) is 2.10. The van der Waals surface area contributed by atoms with Gasteiger partial charge in [-0.05, 0) is 24.6 Å². The van der Waals surface area contributed by atoms with Crippen molar-refractivity contribution in [3.63, 3.8) is 0 Å². The molecule has 1 aromatic rings. The van der Waals surface area contributed by atoms with Crippen LogP contribution in [0.25, 0.3) is 0 Å². The summed E-state index contributed by atoms with van der Waals surface area (Å²) in [4.78, 5) is 0. The van der Waals surface area contributed by atoms with Gasteiger partial charge in [-0.25, -0.2) is 8.78 Å². The Morgan fingerprint density at radius 2 is 2.14 bits per heavy atom. The van der Waals surface area contributed by atoms with Gasteiger partial charge in [0.05, 0.1) is 0 Å². The first-order valence-electron chi connectivity index (χ1n) is 4.47. The number of hydrogen-bond acceptors (Lipinski definition) is 2. The number of anilines is 2. The van der Waals surface area contributed by atoms with Crippen LogP contribution < -0.4 is 11.1 Å². The second kappa shape index (κ2) is 4.79. The zero-order chi connectivity index (χ0) is 10.6. The maximum absolute atomic E-state index is 11.9. The minimum absolute atomic E-state index is 0.145. The van der Waals surface area contributed by atoms with Gasteiger partial charge in [0.15, 0.2) is 0 Å². The second-order valence-electron chi connectivity index (χ2n) is 3.18. The lowest BCUT2D eigenvalue weighted by Crippen LogP contribution is -2.07. The lowest BCUT2D eigenvalue weighted by molar-refractivity contribution is 0.142. The van der Waals surface area contributed by atoms with Crippen LogP contribution in [0.15, 0.2) is 18.2 Å². The number of nitrogens with one attached hydrogen (secondary N) is 1. The summed E-state index contributed by atoms with van der Waals surface area (Å²) in [6, 6.07) is 5.40. The molecular weight excluding hydrogens is 186 g/mol. The Morgan fingerprint density at radius 3 is 2.79 bits per heavy atom. The average molecular weight is 200 g/mol. The Kier molecular flexibility index (Phi) is 3.68. The molecule has 0 heterocycles. The van der Waals surface area contributed by atoms with Crippen LogP contribution in [0.4, 0.5) is 20.2 Å². The van der Waals surface area contributed by atoms with Crippen molar-refractivity contribution in [3.8, 4) is 0 Å². The van der Waals surface area contributed by atoms with E-state index in [-0.39, 0.29) is 13.0 Å². The number of nitrogen functional groups attached to an aromatic ring is 1. The van der Waals surface area contributed by atoms with E-state index in [0.29, 0.717) is 5.69 Å². The number of benzene rings is 1. The molecule has 0 saturated carbocycles. The summed E-state index contributed by atoms with van der Waals surface area (Å²) in [6.07, 6.45) is -2.40. The summed E-state index contributed by atoms with van der Waals surface area (Å²) in [7, 11) is 0. The van der Waals surface area contributed by atoms with Crippen LogP contribution >= 0.6 is 0 Å². The summed E-state index contributed by atoms with van der Waals surface area (Å²) < 4.78 is 23.7. The number of rotatable bonds is 4. The van der Waals surface area contributed by atoms with E-state index in [9.17, 15) is 8.78 Å². The fraction of sp³-hybridized carbons (Fsp3) is 0.400. The van der Waals surface area contributed by atoms with E-state index >= 15 is 0 Å². The molecule has 0 unspecified atom stereocenters. The number of halogens is 2. The standard InChI is InChI=1S/C10H14F2N2/c1-7-2-3-8(13)6-9(7)14-5-4-10(11)12/h2-3,6,10,14H,4-5,13H2,1H3. The molecule has 3 N–H and O–H groups in total. The molecule has 0 aliphatic heterocycles. The van der Waals surface area contributed by atoms with Gasteiger partial charge in [-0.2, -0.15) is 0 Å². The van der Waals surface area contributed by atoms with Gasteiger partial charge in [0, 0.05) is 24.3 Å². The Balaban J connectivity index is 2.53. The Bertz CT molecular complexity index is 300. The highest BCUT2D eigenvalue weighted by Crippen LogP contribution is 2.18. The van der Waals surface area contributed by atoms with Gasteiger partial charge < -0.3 is 11.1 Å². The fourth-order valence-electron chi connectivity index (χ4n) is 1.15. The first-order chi connectivity index (χ1) is 6.59. The highest BCUT2D eigenvalue weighted by Gasteiger charge is 2.02. The third-order valence-corrected chi connectivity index (χ3v) is 1.94. The Hall–Kier alpha value is -1.32. The molecule has 0 fully saturated rings. The summed E-state index contributed by atoms with van der Waals surface area (Å²) in [5, 5.41) is 2.93. The van der Waals surface area contributed by atoms with E-state index in [2.05, 4.69) is 5.32 Å². The minimum Gasteiger partial charge on any atom is -0.399 e. The van der Waals surface area contributed by atoms with E-state index in [4.69, 9.17) is 5.73 Å². The van der Waals surface area contributed by atoms with Crippen molar-refractivity contribution in [2.45, 2.75) is 19.8 Å². The molecule has 0 aliphatic rings. The van der Waals surface area contributed by atoms with Crippen LogP contribution in [0.1, 0.15) is 12.0 Å². The van der Waals surface area contributed by atoms with E-state index in [1.165, 1.54) is 0 Å². The van der Waals surface area contributed by atoms with Gasteiger partial charge in [-0.3, -0.25) is 0 Å². The van der Waals surface area contributed by atoms with Crippen molar-refractivity contribution in [1.82, 2.24) is 0 Å². The van der Waals surface area contributed by atoms with Crippen LogP contribution in [0.3, 0.4) is 0 Å². The van der Waals surface area contributed by atoms with Crippen LogP contribution in [-0.4, -0.2) is 13.0 Å². The van der Waals surface area contributed by atoms with Gasteiger partial charge in [0.25, 0.3) is 0 Å². The minimum atomic E-state index is -2.26. The van der Waals surface area contributed by atoms with Gasteiger partial charge >= 0.3 is 0 Å². The summed E-state index contributed by atoms with van der Waals surface area (Å²) in [5.41, 5.74) is 8.04. The first-order valence-corrected chi connectivity index (χ1v) is 4.47. The zero-order valence-electron chi connectivity index (χ0n) is 8.06. The number of alkyl halides is 2. The molecule has 0 spiro atoms. The van der Waals surface area contributed by atoms with Crippen LogP contribution in [-0.2, 0) is 0 Å². The summed E-state index contributed by atoms with van der Waals surface area (Å²) in [5.74, 6) is 0. The molecule has 0 aliphatic carbocycles. The zero-order valence-corrected chi connectivity index (χ0v) is 8.06. The molecule has 0 bridgehead atoms. The molecular formula is C10H14F2N2. The molecule has 1 rings (SSSR count). The number of hydrogen-bond donors (Lipinski definition) is 2. The van der Waals surface area contributed by atoms with Gasteiger partial charge in [0.1, 0.15) is 0 Å².